The Morgan fingerprint density at radius 3 is 2.10 bits per heavy atom. The Kier molecular flexibility index (Phi) is 8.57. The molecule has 3 aromatic rings. The summed E-state index contributed by atoms with van der Waals surface area (Å²) in [5, 5.41) is 29.1. The van der Waals surface area contributed by atoms with Gasteiger partial charge in [0.2, 0.25) is 22.4 Å². The number of hydrogen-bond donors (Lipinski definition) is 6. The van der Waals surface area contributed by atoms with Gasteiger partial charge < -0.3 is 21.3 Å². The molecule has 1 unspecified atom stereocenters. The van der Waals surface area contributed by atoms with Gasteiger partial charge in [0.05, 0.1) is 11.3 Å². The summed E-state index contributed by atoms with van der Waals surface area (Å²) in [6.07, 6.45) is -1.74. The predicted molar refractivity (Wildman–Crippen MR) is 135 cm³/mol. The molecule has 210 valence electrons. The van der Waals surface area contributed by atoms with Crippen LogP contribution in [0.3, 0.4) is 0 Å². The SMILES string of the molecule is CCn1c(O)c(C(N)O)c(C)c(N=Nc2cc(Nc3nc(Cl)nc(Cl)n3)c(S(=O)(=O)O)cc2S(=O)(=O)O)c1=O. The highest BCUT2D eigenvalue weighted by atomic mass is 35.5. The van der Waals surface area contributed by atoms with Gasteiger partial charge in [0.1, 0.15) is 21.7 Å². The van der Waals surface area contributed by atoms with Gasteiger partial charge in [-0.1, -0.05) is 0 Å². The van der Waals surface area contributed by atoms with E-state index in [0.717, 1.165) is 4.57 Å². The van der Waals surface area contributed by atoms with E-state index < -0.39 is 81.3 Å². The van der Waals surface area contributed by atoms with Crippen molar-refractivity contribution in [3.05, 3.63) is 44.2 Å². The number of nitrogens with zero attached hydrogens (tertiary/aromatic N) is 6. The Morgan fingerprint density at radius 2 is 1.62 bits per heavy atom. The summed E-state index contributed by atoms with van der Waals surface area (Å²) < 4.78 is 68.4. The third-order valence-electron chi connectivity index (χ3n) is 5.02. The minimum atomic E-state index is -5.21. The molecule has 0 radical (unpaired) electrons. The zero-order valence-electron chi connectivity index (χ0n) is 19.6. The molecular formula is C18H18Cl2N8O9S2. The average molecular weight is 625 g/mol. The molecule has 0 aliphatic carbocycles. The van der Waals surface area contributed by atoms with Gasteiger partial charge in [0.15, 0.2) is 5.69 Å². The molecule has 0 spiro atoms. The second-order valence-electron chi connectivity index (χ2n) is 7.49. The van der Waals surface area contributed by atoms with Crippen molar-refractivity contribution in [1.82, 2.24) is 19.5 Å². The molecule has 39 heavy (non-hydrogen) atoms. The van der Waals surface area contributed by atoms with Crippen LogP contribution in [0.4, 0.5) is 23.0 Å². The van der Waals surface area contributed by atoms with Crippen LogP contribution in [-0.2, 0) is 26.8 Å². The maximum absolute atomic E-state index is 12.9. The zero-order valence-corrected chi connectivity index (χ0v) is 22.7. The fraction of sp³-hybridized carbons (Fsp3) is 0.222. The van der Waals surface area contributed by atoms with Gasteiger partial charge in [-0.25, -0.2) is 0 Å². The molecule has 0 saturated carbocycles. The number of nitrogens with one attached hydrogen (secondary N) is 1. The first-order valence-corrected chi connectivity index (χ1v) is 13.9. The third-order valence-corrected chi connectivity index (χ3v) is 7.13. The van der Waals surface area contributed by atoms with Crippen molar-refractivity contribution >= 4 is 66.4 Å². The summed E-state index contributed by atoms with van der Waals surface area (Å²) in [6.45, 7) is 2.68. The maximum atomic E-state index is 12.9. The van der Waals surface area contributed by atoms with Crippen molar-refractivity contribution in [3.8, 4) is 5.88 Å². The molecule has 0 saturated heterocycles. The average Bonchev–Trinajstić information content (AvgIpc) is 2.76. The lowest BCUT2D eigenvalue weighted by Crippen LogP contribution is -2.24. The molecule has 3 rings (SSSR count). The van der Waals surface area contributed by atoms with Crippen molar-refractivity contribution in [3.63, 3.8) is 0 Å². The molecule has 0 amide bonds. The predicted octanol–water partition coefficient (Wildman–Crippen LogP) is 1.98. The van der Waals surface area contributed by atoms with Crippen LogP contribution in [0.2, 0.25) is 10.6 Å². The number of halogens is 2. The van der Waals surface area contributed by atoms with Crippen LogP contribution >= 0.6 is 23.2 Å². The Balaban J connectivity index is 2.33. The summed E-state index contributed by atoms with van der Waals surface area (Å²) in [6, 6.07) is 1.07. The van der Waals surface area contributed by atoms with Gasteiger partial charge >= 0.3 is 0 Å². The van der Waals surface area contributed by atoms with Gasteiger partial charge in [-0.3, -0.25) is 18.5 Å². The summed E-state index contributed by atoms with van der Waals surface area (Å²) in [5.74, 6) is -1.07. The molecule has 0 aliphatic heterocycles. The smallest absolute Gasteiger partial charge is 0.296 e. The van der Waals surface area contributed by atoms with E-state index in [1.54, 1.807) is 0 Å². The van der Waals surface area contributed by atoms with Gasteiger partial charge in [-0.2, -0.15) is 31.8 Å². The molecule has 2 heterocycles. The molecule has 0 fully saturated rings. The van der Waals surface area contributed by atoms with Crippen LogP contribution in [-0.4, -0.2) is 55.7 Å². The van der Waals surface area contributed by atoms with E-state index in [9.17, 15) is 40.9 Å². The molecule has 1 aromatic carbocycles. The summed E-state index contributed by atoms with van der Waals surface area (Å²) in [7, 11) is -10.4. The number of aromatic hydroxyl groups is 1. The summed E-state index contributed by atoms with van der Waals surface area (Å²) >= 11 is 11.4. The first-order chi connectivity index (χ1) is 17.9. The normalized spacial score (nSPS) is 13.1. The molecule has 1 atom stereocenters. The van der Waals surface area contributed by atoms with Gasteiger partial charge in [-0.05, 0) is 54.7 Å². The standard InChI is InChI=1S/C18H18Cl2N8O9S2/c1-3-28-14(30)11(13(21)29)6(2)12(15(28)31)27-26-8-4-7(22-18-24-16(19)23-17(20)25-18)9(38(32,33)34)5-10(8)39(35,36)37/h4-5,13,29-30H,3,21H2,1-2H3,(H,32,33,34)(H,35,36,37)(H,22,23,24,25). The number of benzene rings is 1. The Bertz CT molecular complexity index is 1760. The molecule has 21 heteroatoms. The van der Waals surface area contributed by atoms with E-state index in [4.69, 9.17) is 28.9 Å². The minimum absolute atomic E-state index is 0.0857. The monoisotopic (exact) mass is 624 g/mol. The zero-order chi connectivity index (χ0) is 29.4. The molecule has 7 N–H and O–H groups in total. The number of azo groups is 1. The van der Waals surface area contributed by atoms with Gasteiger partial charge in [0.25, 0.3) is 25.8 Å². The molecule has 0 bridgehead atoms. The van der Waals surface area contributed by atoms with Crippen LogP contribution < -0.4 is 16.6 Å². The molecule has 2 aromatic heterocycles. The van der Waals surface area contributed by atoms with Crippen molar-refractivity contribution in [2.75, 3.05) is 5.32 Å². The highest BCUT2D eigenvalue weighted by Gasteiger charge is 2.26. The van der Waals surface area contributed by atoms with E-state index in [0.29, 0.717) is 12.1 Å². The first kappa shape index (κ1) is 30.2. The number of aliphatic hydroxyl groups is 1. The van der Waals surface area contributed by atoms with Gasteiger partial charge in [0, 0.05) is 6.54 Å². The van der Waals surface area contributed by atoms with Crippen LogP contribution in [0.5, 0.6) is 5.88 Å². The van der Waals surface area contributed by atoms with Gasteiger partial charge in [-0.15, -0.1) is 10.2 Å². The van der Waals surface area contributed by atoms with E-state index >= 15 is 0 Å². The Hall–Kier alpha value is -3.30. The number of hydrogen-bond acceptors (Lipinski definition) is 14. The lowest BCUT2D eigenvalue weighted by Gasteiger charge is -2.17. The maximum Gasteiger partial charge on any atom is 0.296 e. The third kappa shape index (κ3) is 6.47. The lowest BCUT2D eigenvalue weighted by atomic mass is 10.1. The Morgan fingerprint density at radius 1 is 1.05 bits per heavy atom. The summed E-state index contributed by atoms with van der Waals surface area (Å²) in [4.78, 5) is 21.5. The fourth-order valence-corrected chi connectivity index (χ4v) is 5.07. The van der Waals surface area contributed by atoms with Crippen LogP contribution in [0.15, 0.2) is 36.9 Å². The highest BCUT2D eigenvalue weighted by molar-refractivity contribution is 7.86. The molecule has 0 aliphatic rings. The quantitative estimate of drug-likeness (QED) is 0.119. The largest absolute Gasteiger partial charge is 0.494 e. The number of rotatable bonds is 8. The van der Waals surface area contributed by atoms with Crippen LogP contribution in [0, 0.1) is 6.92 Å². The number of anilines is 2. The fourth-order valence-electron chi connectivity index (χ4n) is 3.34. The number of nitrogens with two attached hydrogens (primary N) is 1. The Labute approximate surface area is 229 Å². The van der Waals surface area contributed by atoms with E-state index in [1.165, 1.54) is 13.8 Å². The second-order valence-corrected chi connectivity index (χ2v) is 10.9. The minimum Gasteiger partial charge on any atom is -0.494 e. The van der Waals surface area contributed by atoms with E-state index in [2.05, 4.69) is 30.5 Å². The van der Waals surface area contributed by atoms with Crippen molar-refractivity contribution in [1.29, 1.82) is 0 Å². The first-order valence-electron chi connectivity index (χ1n) is 10.2. The van der Waals surface area contributed by atoms with Crippen molar-refractivity contribution in [2.24, 2.45) is 16.0 Å². The second kappa shape index (κ2) is 11.1. The number of pyridine rings is 1. The van der Waals surface area contributed by atoms with Crippen molar-refractivity contribution < 1.29 is 36.2 Å². The molecule has 17 nitrogen and oxygen atoms in total. The van der Waals surface area contributed by atoms with E-state index in [-0.39, 0.29) is 17.7 Å². The van der Waals surface area contributed by atoms with Crippen molar-refractivity contribution in [2.45, 2.75) is 36.4 Å². The van der Waals surface area contributed by atoms with Crippen LogP contribution in [0.25, 0.3) is 0 Å². The molecular weight excluding hydrogens is 607 g/mol. The number of aliphatic hydroxyl groups excluding tert-OH is 1. The van der Waals surface area contributed by atoms with Crippen LogP contribution in [0.1, 0.15) is 24.3 Å². The number of aromatic nitrogens is 4. The summed E-state index contributed by atoms with van der Waals surface area (Å²) in [5.41, 5.74) is 2.40. The highest BCUT2D eigenvalue weighted by Crippen LogP contribution is 2.37. The topological polar surface area (TPSA) is 273 Å². The lowest BCUT2D eigenvalue weighted by molar-refractivity contribution is 0.178. The van der Waals surface area contributed by atoms with E-state index in [1.807, 2.05) is 0 Å².